The molecule has 0 fully saturated rings. The van der Waals surface area contributed by atoms with Gasteiger partial charge in [-0.05, 0) is 48.6 Å². The summed E-state index contributed by atoms with van der Waals surface area (Å²) in [5.41, 5.74) is 2.14. The van der Waals surface area contributed by atoms with Crippen LogP contribution in [0.25, 0.3) is 0 Å². The third kappa shape index (κ3) is 3.14. The van der Waals surface area contributed by atoms with Crippen LogP contribution in [0.3, 0.4) is 0 Å². The Morgan fingerprint density at radius 2 is 2.18 bits per heavy atom. The minimum Gasteiger partial charge on any atom is -0.305 e. The highest BCUT2D eigenvalue weighted by molar-refractivity contribution is 7.10. The molecule has 3 heteroatoms. The van der Waals surface area contributed by atoms with Gasteiger partial charge in [0.2, 0.25) is 0 Å². The van der Waals surface area contributed by atoms with E-state index in [9.17, 15) is 4.39 Å². The average Bonchev–Trinajstić information content (AvgIpc) is 2.83. The Hall–Kier alpha value is -1.19. The van der Waals surface area contributed by atoms with Gasteiger partial charge in [-0.2, -0.15) is 0 Å². The van der Waals surface area contributed by atoms with Crippen molar-refractivity contribution in [3.05, 3.63) is 57.5 Å². The normalized spacial score (nSPS) is 12.6. The molecular weight excluding hydrogens is 233 g/mol. The van der Waals surface area contributed by atoms with Crippen molar-refractivity contribution in [2.75, 3.05) is 0 Å². The third-order valence-corrected chi connectivity index (χ3v) is 3.93. The molecule has 1 heterocycles. The molecule has 0 saturated carbocycles. The van der Waals surface area contributed by atoms with E-state index in [1.54, 1.807) is 17.4 Å². The molecule has 2 aromatic rings. The molecule has 1 atom stereocenters. The van der Waals surface area contributed by atoms with Gasteiger partial charge in [-0.1, -0.05) is 12.1 Å². The number of aryl methyl sites for hydroxylation is 1. The second-order valence-electron chi connectivity index (χ2n) is 4.19. The van der Waals surface area contributed by atoms with Crippen molar-refractivity contribution in [2.45, 2.75) is 26.4 Å². The van der Waals surface area contributed by atoms with E-state index in [0.29, 0.717) is 12.6 Å². The molecule has 0 bridgehead atoms. The first-order valence-electron chi connectivity index (χ1n) is 5.68. The Morgan fingerprint density at radius 3 is 2.88 bits per heavy atom. The summed E-state index contributed by atoms with van der Waals surface area (Å²) in [5, 5.41) is 5.48. The second kappa shape index (κ2) is 5.43. The van der Waals surface area contributed by atoms with E-state index < -0.39 is 0 Å². The highest BCUT2D eigenvalue weighted by Gasteiger charge is 2.07. The summed E-state index contributed by atoms with van der Waals surface area (Å²) in [7, 11) is 0. The second-order valence-corrected chi connectivity index (χ2v) is 5.17. The molecule has 1 aromatic carbocycles. The Labute approximate surface area is 105 Å². The number of thiophene rings is 1. The first kappa shape index (κ1) is 12.3. The van der Waals surface area contributed by atoms with Crippen molar-refractivity contribution in [1.82, 2.24) is 5.32 Å². The van der Waals surface area contributed by atoms with Crippen LogP contribution in [0.1, 0.15) is 29.0 Å². The van der Waals surface area contributed by atoms with Crippen molar-refractivity contribution in [2.24, 2.45) is 0 Å². The van der Waals surface area contributed by atoms with Crippen LogP contribution in [0.2, 0.25) is 0 Å². The lowest BCUT2D eigenvalue weighted by Crippen LogP contribution is -2.17. The summed E-state index contributed by atoms with van der Waals surface area (Å²) in [6.45, 7) is 4.83. The van der Waals surface area contributed by atoms with Crippen molar-refractivity contribution < 1.29 is 4.39 Å². The lowest BCUT2D eigenvalue weighted by atomic mass is 10.1. The number of benzene rings is 1. The van der Waals surface area contributed by atoms with Gasteiger partial charge in [-0.15, -0.1) is 11.3 Å². The molecule has 0 radical (unpaired) electrons. The van der Waals surface area contributed by atoms with E-state index >= 15 is 0 Å². The molecule has 17 heavy (non-hydrogen) atoms. The van der Waals surface area contributed by atoms with E-state index in [2.05, 4.69) is 23.7 Å². The topological polar surface area (TPSA) is 12.0 Å². The molecule has 90 valence electrons. The van der Waals surface area contributed by atoms with Crippen LogP contribution < -0.4 is 5.32 Å². The quantitative estimate of drug-likeness (QED) is 0.862. The van der Waals surface area contributed by atoms with Crippen molar-refractivity contribution in [3.63, 3.8) is 0 Å². The van der Waals surface area contributed by atoms with Crippen molar-refractivity contribution in [3.8, 4) is 0 Å². The molecule has 2 rings (SSSR count). The van der Waals surface area contributed by atoms with Crippen LogP contribution in [-0.4, -0.2) is 0 Å². The van der Waals surface area contributed by atoms with Gasteiger partial charge in [0, 0.05) is 17.5 Å². The number of nitrogens with one attached hydrogen (secondary N) is 1. The maximum atomic E-state index is 13.1. The molecule has 1 aromatic heterocycles. The zero-order valence-corrected chi connectivity index (χ0v) is 10.9. The zero-order chi connectivity index (χ0) is 12.3. The maximum Gasteiger partial charge on any atom is 0.123 e. The SMILES string of the molecule is Cc1ccc(F)cc1CN[C@H](C)c1cccs1. The summed E-state index contributed by atoms with van der Waals surface area (Å²) in [6, 6.07) is 9.39. The van der Waals surface area contributed by atoms with Gasteiger partial charge in [0.05, 0.1) is 0 Å². The lowest BCUT2D eigenvalue weighted by molar-refractivity contribution is 0.574. The van der Waals surface area contributed by atoms with E-state index in [1.165, 1.54) is 10.9 Å². The summed E-state index contributed by atoms with van der Waals surface area (Å²) >= 11 is 1.74. The van der Waals surface area contributed by atoms with Gasteiger partial charge in [-0.25, -0.2) is 4.39 Å². The Morgan fingerprint density at radius 1 is 1.35 bits per heavy atom. The van der Waals surface area contributed by atoms with Crippen molar-refractivity contribution >= 4 is 11.3 Å². The van der Waals surface area contributed by atoms with Crippen LogP contribution >= 0.6 is 11.3 Å². The average molecular weight is 249 g/mol. The monoisotopic (exact) mass is 249 g/mol. The van der Waals surface area contributed by atoms with Crippen LogP contribution in [0.15, 0.2) is 35.7 Å². The molecule has 0 saturated heterocycles. The largest absolute Gasteiger partial charge is 0.305 e. The minimum absolute atomic E-state index is 0.170. The molecule has 0 spiro atoms. The standard InChI is InChI=1S/C14H16FNS/c1-10-5-6-13(15)8-12(10)9-16-11(2)14-4-3-7-17-14/h3-8,11,16H,9H2,1-2H3/t11-/m1/s1. The molecule has 0 aliphatic heterocycles. The van der Waals surface area contributed by atoms with Gasteiger partial charge in [0.1, 0.15) is 5.82 Å². The highest BCUT2D eigenvalue weighted by Crippen LogP contribution is 2.19. The van der Waals surface area contributed by atoms with E-state index in [0.717, 1.165) is 11.1 Å². The first-order chi connectivity index (χ1) is 8.16. The zero-order valence-electron chi connectivity index (χ0n) is 10.0. The highest BCUT2D eigenvalue weighted by atomic mass is 32.1. The lowest BCUT2D eigenvalue weighted by Gasteiger charge is -2.13. The summed E-state index contributed by atoms with van der Waals surface area (Å²) in [4.78, 5) is 1.30. The van der Waals surface area contributed by atoms with Crippen LogP contribution in [0.5, 0.6) is 0 Å². The fourth-order valence-electron chi connectivity index (χ4n) is 1.73. The Balaban J connectivity index is 2.00. The van der Waals surface area contributed by atoms with E-state index in [4.69, 9.17) is 0 Å². The van der Waals surface area contributed by atoms with Crippen LogP contribution in [-0.2, 0) is 6.54 Å². The molecule has 0 aliphatic rings. The summed E-state index contributed by atoms with van der Waals surface area (Å²) in [6.07, 6.45) is 0. The molecule has 0 aliphatic carbocycles. The fraction of sp³-hybridized carbons (Fsp3) is 0.286. The van der Waals surface area contributed by atoms with E-state index in [1.807, 2.05) is 19.1 Å². The summed E-state index contributed by atoms with van der Waals surface area (Å²) in [5.74, 6) is -0.170. The first-order valence-corrected chi connectivity index (χ1v) is 6.56. The number of hydrogen-bond acceptors (Lipinski definition) is 2. The third-order valence-electron chi connectivity index (χ3n) is 2.88. The molecule has 1 N–H and O–H groups in total. The number of rotatable bonds is 4. The fourth-order valence-corrected chi connectivity index (χ4v) is 2.49. The minimum atomic E-state index is -0.170. The predicted octanol–water partition coefficient (Wildman–Crippen LogP) is 4.05. The molecule has 1 nitrogen and oxygen atoms in total. The smallest absolute Gasteiger partial charge is 0.123 e. The van der Waals surface area contributed by atoms with Gasteiger partial charge in [-0.3, -0.25) is 0 Å². The maximum absolute atomic E-state index is 13.1. The van der Waals surface area contributed by atoms with Crippen molar-refractivity contribution in [1.29, 1.82) is 0 Å². The van der Waals surface area contributed by atoms with Crippen LogP contribution in [0, 0.1) is 12.7 Å². The van der Waals surface area contributed by atoms with Gasteiger partial charge in [0.15, 0.2) is 0 Å². The predicted molar refractivity (Wildman–Crippen MR) is 70.7 cm³/mol. The van der Waals surface area contributed by atoms with Gasteiger partial charge < -0.3 is 5.32 Å². The molecule has 0 amide bonds. The van der Waals surface area contributed by atoms with Gasteiger partial charge in [0.25, 0.3) is 0 Å². The summed E-state index contributed by atoms with van der Waals surface area (Å²) < 4.78 is 13.1. The Bertz CT molecular complexity index is 479. The van der Waals surface area contributed by atoms with Crippen LogP contribution in [0.4, 0.5) is 4.39 Å². The molecular formula is C14H16FNS. The Kier molecular flexibility index (Phi) is 3.92. The van der Waals surface area contributed by atoms with E-state index in [-0.39, 0.29) is 5.82 Å². The number of halogens is 1. The van der Waals surface area contributed by atoms with Gasteiger partial charge >= 0.3 is 0 Å². The number of hydrogen-bond donors (Lipinski definition) is 1. The molecule has 0 unspecified atom stereocenters.